The zero-order valence-corrected chi connectivity index (χ0v) is 15.8. The van der Waals surface area contributed by atoms with Crippen LogP contribution in [0.15, 0.2) is 23.0 Å². The lowest BCUT2D eigenvalue weighted by molar-refractivity contribution is -0.132. The van der Waals surface area contributed by atoms with Crippen LogP contribution in [-0.4, -0.2) is 44.9 Å². The summed E-state index contributed by atoms with van der Waals surface area (Å²) in [4.78, 5) is 27.7. The zero-order chi connectivity index (χ0) is 19.3. The van der Waals surface area contributed by atoms with E-state index in [0.29, 0.717) is 22.7 Å². The number of rotatable bonds is 2. The van der Waals surface area contributed by atoms with E-state index >= 15 is 0 Å². The molecule has 0 aliphatic carbocycles. The summed E-state index contributed by atoms with van der Waals surface area (Å²) in [5.41, 5.74) is 1.80. The van der Waals surface area contributed by atoms with Gasteiger partial charge >= 0.3 is 5.69 Å². The highest BCUT2D eigenvalue weighted by atomic mass is 16.7. The van der Waals surface area contributed by atoms with E-state index in [2.05, 4.69) is 5.10 Å². The number of nitrogens with zero attached hydrogens (tertiary/aromatic N) is 4. The van der Waals surface area contributed by atoms with Gasteiger partial charge in [-0.15, -0.1) is 5.10 Å². The molecular weight excluding hydrogens is 360 g/mol. The molecule has 146 valence electrons. The molecule has 3 aromatic rings. The van der Waals surface area contributed by atoms with Gasteiger partial charge in [-0.3, -0.25) is 4.79 Å². The fourth-order valence-electron chi connectivity index (χ4n) is 4.09. The SMILES string of the molecule is Cc1cc2cc3c(cc2n2c(=O)n(CC(=O)N4CCCCCC4)nc12)OCO3. The van der Waals surface area contributed by atoms with Crippen molar-refractivity contribution in [2.24, 2.45) is 0 Å². The molecule has 1 saturated heterocycles. The smallest absolute Gasteiger partial charge is 0.351 e. The number of carbonyl (C=O) groups is 1. The summed E-state index contributed by atoms with van der Waals surface area (Å²) in [6, 6.07) is 5.64. The zero-order valence-electron chi connectivity index (χ0n) is 15.8. The second kappa shape index (κ2) is 6.54. The molecule has 1 amide bonds. The van der Waals surface area contributed by atoms with Gasteiger partial charge in [-0.2, -0.15) is 0 Å². The molecule has 2 aromatic heterocycles. The molecule has 4 heterocycles. The minimum absolute atomic E-state index is 0.0357. The highest BCUT2D eigenvalue weighted by Gasteiger charge is 2.21. The summed E-state index contributed by atoms with van der Waals surface area (Å²) < 4.78 is 13.7. The molecule has 2 aliphatic rings. The third kappa shape index (κ3) is 2.71. The van der Waals surface area contributed by atoms with Crippen LogP contribution in [0.3, 0.4) is 0 Å². The number of hydrogen-bond donors (Lipinski definition) is 0. The summed E-state index contributed by atoms with van der Waals surface area (Å²) in [7, 11) is 0. The van der Waals surface area contributed by atoms with Crippen LogP contribution in [0, 0.1) is 6.92 Å². The number of benzene rings is 1. The Hall–Kier alpha value is -3.03. The predicted octanol–water partition coefficient (Wildman–Crippen LogP) is 2.09. The van der Waals surface area contributed by atoms with E-state index in [0.717, 1.165) is 49.7 Å². The molecule has 28 heavy (non-hydrogen) atoms. The first-order valence-electron chi connectivity index (χ1n) is 9.72. The molecule has 8 nitrogen and oxygen atoms in total. The molecule has 0 saturated carbocycles. The Balaban J connectivity index is 1.58. The van der Waals surface area contributed by atoms with Crippen LogP contribution in [0.1, 0.15) is 31.2 Å². The maximum atomic E-state index is 13.1. The average molecular weight is 382 g/mol. The summed E-state index contributed by atoms with van der Waals surface area (Å²) in [6.45, 7) is 3.56. The molecule has 2 aliphatic heterocycles. The van der Waals surface area contributed by atoms with Crippen LogP contribution in [-0.2, 0) is 11.3 Å². The molecule has 5 rings (SSSR count). The molecule has 8 heteroatoms. The largest absolute Gasteiger partial charge is 0.454 e. The fraction of sp³-hybridized carbons (Fsp3) is 0.450. The van der Waals surface area contributed by atoms with Crippen molar-refractivity contribution in [2.75, 3.05) is 19.9 Å². The van der Waals surface area contributed by atoms with Crippen molar-refractivity contribution in [3.8, 4) is 11.5 Å². The van der Waals surface area contributed by atoms with E-state index in [9.17, 15) is 9.59 Å². The van der Waals surface area contributed by atoms with Crippen LogP contribution >= 0.6 is 0 Å². The van der Waals surface area contributed by atoms with Gasteiger partial charge in [0.05, 0.1) is 5.52 Å². The minimum atomic E-state index is -0.314. The first kappa shape index (κ1) is 17.1. The number of fused-ring (bicyclic) bond motifs is 4. The third-order valence-electron chi connectivity index (χ3n) is 5.57. The van der Waals surface area contributed by atoms with Gasteiger partial charge in [0.15, 0.2) is 17.1 Å². The van der Waals surface area contributed by atoms with E-state index in [4.69, 9.17) is 9.47 Å². The number of pyridine rings is 1. The predicted molar refractivity (Wildman–Crippen MR) is 103 cm³/mol. The molecule has 1 aromatic carbocycles. The normalized spacial score (nSPS) is 16.7. The molecule has 0 atom stereocenters. The number of carbonyl (C=O) groups excluding carboxylic acids is 1. The molecular formula is C20H22N4O4. The van der Waals surface area contributed by atoms with E-state index in [-0.39, 0.29) is 24.9 Å². The number of hydrogen-bond acceptors (Lipinski definition) is 5. The Morgan fingerprint density at radius 2 is 1.79 bits per heavy atom. The Bertz CT molecular complexity index is 1140. The van der Waals surface area contributed by atoms with Crippen molar-refractivity contribution in [2.45, 2.75) is 39.2 Å². The lowest BCUT2D eigenvalue weighted by atomic mass is 10.1. The lowest BCUT2D eigenvalue weighted by Gasteiger charge is -2.19. The lowest BCUT2D eigenvalue weighted by Crippen LogP contribution is -2.37. The highest BCUT2D eigenvalue weighted by Crippen LogP contribution is 2.36. The Morgan fingerprint density at radius 1 is 1.07 bits per heavy atom. The minimum Gasteiger partial charge on any atom is -0.454 e. The standard InChI is InChI=1S/C20H22N4O4/c1-13-8-14-9-16-17(28-12-27-16)10-15(14)24-19(13)21-23(20(24)26)11-18(25)22-6-4-2-3-5-7-22/h8-10H,2-7,11-12H2,1H3. The maximum absolute atomic E-state index is 13.1. The van der Waals surface area contributed by atoms with Gasteiger partial charge in [0, 0.05) is 24.5 Å². The van der Waals surface area contributed by atoms with Crippen LogP contribution in [0.25, 0.3) is 16.6 Å². The van der Waals surface area contributed by atoms with Gasteiger partial charge in [0.1, 0.15) is 6.54 Å². The average Bonchev–Trinajstić information content (AvgIpc) is 3.14. The molecule has 0 N–H and O–H groups in total. The number of aryl methyl sites for hydroxylation is 1. The quantitative estimate of drug-likeness (QED) is 0.678. The third-order valence-corrected chi connectivity index (χ3v) is 5.57. The second-order valence-electron chi connectivity index (χ2n) is 7.49. The van der Waals surface area contributed by atoms with Gasteiger partial charge in [-0.1, -0.05) is 12.8 Å². The summed E-state index contributed by atoms with van der Waals surface area (Å²) in [5.74, 6) is 1.23. The Morgan fingerprint density at radius 3 is 2.54 bits per heavy atom. The number of ether oxygens (including phenoxy) is 2. The Labute approximate surface area is 161 Å². The van der Waals surface area contributed by atoms with Gasteiger partial charge in [0.25, 0.3) is 0 Å². The summed E-state index contributed by atoms with van der Waals surface area (Å²) >= 11 is 0. The van der Waals surface area contributed by atoms with Crippen molar-refractivity contribution in [3.05, 3.63) is 34.2 Å². The first-order chi connectivity index (χ1) is 13.6. The van der Waals surface area contributed by atoms with Crippen molar-refractivity contribution in [1.29, 1.82) is 0 Å². The second-order valence-corrected chi connectivity index (χ2v) is 7.49. The first-order valence-corrected chi connectivity index (χ1v) is 9.72. The Kier molecular flexibility index (Phi) is 3.99. The number of amides is 1. The van der Waals surface area contributed by atoms with Gasteiger partial charge in [-0.05, 0) is 37.5 Å². The molecule has 0 radical (unpaired) electrons. The van der Waals surface area contributed by atoms with Crippen LogP contribution in [0.2, 0.25) is 0 Å². The summed E-state index contributed by atoms with van der Waals surface area (Å²) in [6.07, 6.45) is 4.34. The van der Waals surface area contributed by atoms with E-state index in [1.807, 2.05) is 24.0 Å². The molecule has 0 bridgehead atoms. The van der Waals surface area contributed by atoms with E-state index in [1.54, 1.807) is 10.5 Å². The van der Waals surface area contributed by atoms with Gasteiger partial charge < -0.3 is 14.4 Å². The maximum Gasteiger partial charge on any atom is 0.351 e. The topological polar surface area (TPSA) is 78.1 Å². The van der Waals surface area contributed by atoms with E-state index < -0.39 is 0 Å². The molecule has 0 unspecified atom stereocenters. The van der Waals surface area contributed by atoms with Crippen molar-refractivity contribution in [1.82, 2.24) is 19.1 Å². The number of aromatic nitrogens is 3. The fourth-order valence-corrected chi connectivity index (χ4v) is 4.09. The van der Waals surface area contributed by atoms with Crippen LogP contribution in [0.5, 0.6) is 11.5 Å². The number of likely N-dealkylation sites (tertiary alicyclic amines) is 1. The van der Waals surface area contributed by atoms with Crippen LogP contribution in [0.4, 0.5) is 0 Å². The van der Waals surface area contributed by atoms with Crippen LogP contribution < -0.4 is 15.2 Å². The van der Waals surface area contributed by atoms with Crippen molar-refractivity contribution >= 4 is 22.5 Å². The van der Waals surface area contributed by atoms with Crippen molar-refractivity contribution in [3.63, 3.8) is 0 Å². The molecule has 1 fully saturated rings. The van der Waals surface area contributed by atoms with Gasteiger partial charge in [-0.25, -0.2) is 13.9 Å². The summed E-state index contributed by atoms with van der Waals surface area (Å²) in [5, 5.41) is 5.33. The highest BCUT2D eigenvalue weighted by molar-refractivity contribution is 5.87. The van der Waals surface area contributed by atoms with E-state index in [1.165, 1.54) is 4.68 Å². The van der Waals surface area contributed by atoms with Crippen molar-refractivity contribution < 1.29 is 14.3 Å². The molecule has 0 spiro atoms. The van der Waals surface area contributed by atoms with Gasteiger partial charge in [0.2, 0.25) is 12.7 Å². The monoisotopic (exact) mass is 382 g/mol.